The largest absolute Gasteiger partial charge is 0.481 e. The van der Waals surface area contributed by atoms with Gasteiger partial charge in [-0.15, -0.1) is 0 Å². The molecule has 6 heteroatoms. The molecule has 0 radical (unpaired) electrons. The smallest absolute Gasteiger partial charge is 0.305 e. The third-order valence-electron chi connectivity index (χ3n) is 2.13. The minimum absolute atomic E-state index is 0.0754. The monoisotopic (exact) mass is 275 g/mol. The van der Waals surface area contributed by atoms with Crippen molar-refractivity contribution in [2.75, 3.05) is 11.4 Å². The minimum atomic E-state index is -0.971. The van der Waals surface area contributed by atoms with Gasteiger partial charge in [0.25, 0.3) is 0 Å². The molecule has 0 saturated heterocycles. The third-order valence-corrected chi connectivity index (χ3v) is 2.67. The van der Waals surface area contributed by atoms with Crippen LogP contribution in [0.5, 0.6) is 0 Å². The number of hydrogen-bond donors (Lipinski definition) is 1. The van der Waals surface area contributed by atoms with Crippen molar-refractivity contribution in [1.29, 1.82) is 0 Å². The Hall–Kier alpha value is -1.26. The summed E-state index contributed by atoms with van der Waals surface area (Å²) in [6.07, 6.45) is -0.140. The van der Waals surface area contributed by atoms with Crippen molar-refractivity contribution in [3.05, 3.63) is 28.2 Å². The van der Waals surface area contributed by atoms with E-state index in [1.165, 1.54) is 17.9 Å². The maximum absolute atomic E-state index is 11.4. The molecule has 0 fully saturated rings. The van der Waals surface area contributed by atoms with Gasteiger partial charge >= 0.3 is 5.97 Å². The lowest BCUT2D eigenvalue weighted by Crippen LogP contribution is -2.31. The van der Waals surface area contributed by atoms with Gasteiger partial charge in [0, 0.05) is 18.5 Å². The molecule has 0 bridgehead atoms. The average Bonchev–Trinajstić information content (AvgIpc) is 2.20. The van der Waals surface area contributed by atoms with Gasteiger partial charge in [0.2, 0.25) is 5.91 Å². The number of aliphatic carboxylic acids is 1. The van der Waals surface area contributed by atoms with Gasteiger partial charge in [0.15, 0.2) is 0 Å². The molecule has 17 heavy (non-hydrogen) atoms. The SMILES string of the molecule is CC(=O)N(CCC(=O)O)c1ccc(Cl)cc1Cl. The standard InChI is InChI=1S/C11H11Cl2NO3/c1-7(15)14(5-4-11(16)17)10-3-2-8(12)6-9(10)13/h2-3,6H,4-5H2,1H3,(H,16,17). The molecule has 0 heterocycles. The summed E-state index contributed by atoms with van der Waals surface area (Å²) in [5, 5.41) is 9.39. The molecular formula is C11H11Cl2NO3. The van der Waals surface area contributed by atoms with Crippen LogP contribution in [0.15, 0.2) is 18.2 Å². The summed E-state index contributed by atoms with van der Waals surface area (Å²) in [6, 6.07) is 4.70. The molecule has 0 aliphatic rings. The Bertz CT molecular complexity index is 448. The predicted octanol–water partition coefficient (Wildman–Crippen LogP) is 2.82. The molecule has 1 amide bonds. The van der Waals surface area contributed by atoms with E-state index in [0.717, 1.165) is 0 Å². The van der Waals surface area contributed by atoms with Crippen molar-refractivity contribution in [1.82, 2.24) is 0 Å². The van der Waals surface area contributed by atoms with Crippen molar-refractivity contribution >= 4 is 40.8 Å². The first-order chi connectivity index (χ1) is 7.91. The van der Waals surface area contributed by atoms with Crippen LogP contribution >= 0.6 is 23.2 Å². The lowest BCUT2D eigenvalue weighted by molar-refractivity contribution is -0.136. The molecule has 92 valence electrons. The predicted molar refractivity (Wildman–Crippen MR) is 66.7 cm³/mol. The molecule has 1 N–H and O–H groups in total. The quantitative estimate of drug-likeness (QED) is 0.919. The van der Waals surface area contributed by atoms with E-state index in [-0.39, 0.29) is 18.9 Å². The molecule has 1 aromatic carbocycles. The number of halogens is 2. The first-order valence-electron chi connectivity index (χ1n) is 4.86. The number of carbonyl (C=O) groups excluding carboxylic acids is 1. The van der Waals surface area contributed by atoms with E-state index < -0.39 is 5.97 Å². The van der Waals surface area contributed by atoms with Crippen LogP contribution < -0.4 is 4.90 Å². The zero-order chi connectivity index (χ0) is 13.0. The van der Waals surface area contributed by atoms with E-state index in [9.17, 15) is 9.59 Å². The number of nitrogens with zero attached hydrogens (tertiary/aromatic N) is 1. The highest BCUT2D eigenvalue weighted by Crippen LogP contribution is 2.29. The molecule has 1 rings (SSSR count). The second-order valence-electron chi connectivity index (χ2n) is 3.41. The van der Waals surface area contributed by atoms with Crippen LogP contribution in [0, 0.1) is 0 Å². The van der Waals surface area contributed by atoms with E-state index in [1.807, 2.05) is 0 Å². The Morgan fingerprint density at radius 3 is 2.47 bits per heavy atom. The fourth-order valence-corrected chi connectivity index (χ4v) is 1.87. The van der Waals surface area contributed by atoms with Gasteiger partial charge in [-0.05, 0) is 18.2 Å². The van der Waals surface area contributed by atoms with Crippen molar-refractivity contribution in [3.8, 4) is 0 Å². The fraction of sp³-hybridized carbons (Fsp3) is 0.273. The second kappa shape index (κ2) is 5.89. The van der Waals surface area contributed by atoms with E-state index in [4.69, 9.17) is 28.3 Å². The lowest BCUT2D eigenvalue weighted by atomic mass is 10.2. The summed E-state index contributed by atoms with van der Waals surface area (Å²) in [5.74, 6) is -1.24. The van der Waals surface area contributed by atoms with Crippen molar-refractivity contribution < 1.29 is 14.7 Å². The summed E-state index contributed by atoms with van der Waals surface area (Å²) < 4.78 is 0. The van der Waals surface area contributed by atoms with Gasteiger partial charge in [0.1, 0.15) is 0 Å². The van der Waals surface area contributed by atoms with E-state index in [2.05, 4.69) is 0 Å². The molecule has 0 unspecified atom stereocenters. The summed E-state index contributed by atoms with van der Waals surface area (Å²) >= 11 is 11.7. The van der Waals surface area contributed by atoms with E-state index >= 15 is 0 Å². The van der Waals surface area contributed by atoms with Gasteiger partial charge in [-0.25, -0.2) is 0 Å². The number of carboxylic acids is 1. The van der Waals surface area contributed by atoms with E-state index in [0.29, 0.717) is 15.7 Å². The highest BCUT2D eigenvalue weighted by atomic mass is 35.5. The van der Waals surface area contributed by atoms with Gasteiger partial charge in [-0.1, -0.05) is 23.2 Å². The number of anilines is 1. The van der Waals surface area contributed by atoms with Crippen LogP contribution in [0.4, 0.5) is 5.69 Å². The zero-order valence-electron chi connectivity index (χ0n) is 9.11. The van der Waals surface area contributed by atoms with Crippen LogP contribution in [-0.4, -0.2) is 23.5 Å². The van der Waals surface area contributed by atoms with Crippen LogP contribution in [-0.2, 0) is 9.59 Å². The molecular weight excluding hydrogens is 265 g/mol. The molecule has 0 saturated carbocycles. The Morgan fingerprint density at radius 2 is 2.00 bits per heavy atom. The molecule has 0 aliphatic carbocycles. The van der Waals surface area contributed by atoms with Crippen LogP contribution in [0.1, 0.15) is 13.3 Å². The lowest BCUT2D eigenvalue weighted by Gasteiger charge is -2.21. The fourth-order valence-electron chi connectivity index (χ4n) is 1.36. The summed E-state index contributed by atoms with van der Waals surface area (Å²) in [7, 11) is 0. The Kier molecular flexibility index (Phi) is 4.78. The summed E-state index contributed by atoms with van der Waals surface area (Å²) in [4.78, 5) is 23.3. The summed E-state index contributed by atoms with van der Waals surface area (Å²) in [6.45, 7) is 1.43. The first kappa shape index (κ1) is 13.8. The Morgan fingerprint density at radius 1 is 1.35 bits per heavy atom. The zero-order valence-corrected chi connectivity index (χ0v) is 10.6. The number of hydrogen-bond acceptors (Lipinski definition) is 2. The third kappa shape index (κ3) is 3.91. The Balaban J connectivity index is 2.97. The molecule has 4 nitrogen and oxygen atoms in total. The van der Waals surface area contributed by atoms with Gasteiger partial charge < -0.3 is 10.0 Å². The number of rotatable bonds is 4. The highest BCUT2D eigenvalue weighted by molar-refractivity contribution is 6.36. The van der Waals surface area contributed by atoms with Gasteiger partial charge in [-0.2, -0.15) is 0 Å². The van der Waals surface area contributed by atoms with Crippen molar-refractivity contribution in [2.24, 2.45) is 0 Å². The maximum Gasteiger partial charge on any atom is 0.305 e. The second-order valence-corrected chi connectivity index (χ2v) is 4.25. The number of carboxylic acid groups (broad SMARTS) is 1. The van der Waals surface area contributed by atoms with Crippen molar-refractivity contribution in [2.45, 2.75) is 13.3 Å². The minimum Gasteiger partial charge on any atom is -0.481 e. The molecule has 0 spiro atoms. The van der Waals surface area contributed by atoms with Crippen LogP contribution in [0.25, 0.3) is 0 Å². The summed E-state index contributed by atoms with van der Waals surface area (Å²) in [5.41, 5.74) is 0.463. The van der Waals surface area contributed by atoms with Crippen LogP contribution in [0.2, 0.25) is 10.0 Å². The molecule has 0 aliphatic heterocycles. The van der Waals surface area contributed by atoms with E-state index in [1.54, 1.807) is 12.1 Å². The normalized spacial score (nSPS) is 10.1. The molecule has 0 aromatic heterocycles. The van der Waals surface area contributed by atoms with Gasteiger partial charge in [0.05, 0.1) is 17.1 Å². The molecule has 0 atom stereocenters. The van der Waals surface area contributed by atoms with Gasteiger partial charge in [-0.3, -0.25) is 9.59 Å². The maximum atomic E-state index is 11.4. The Labute approximate surface area is 109 Å². The topological polar surface area (TPSA) is 57.6 Å². The molecule has 1 aromatic rings. The van der Waals surface area contributed by atoms with Crippen LogP contribution in [0.3, 0.4) is 0 Å². The average molecular weight is 276 g/mol. The van der Waals surface area contributed by atoms with Crippen molar-refractivity contribution in [3.63, 3.8) is 0 Å². The number of benzene rings is 1. The number of carbonyl (C=O) groups is 2. The highest BCUT2D eigenvalue weighted by Gasteiger charge is 2.15. The number of amides is 1. The first-order valence-corrected chi connectivity index (χ1v) is 5.62.